The molecule has 0 bridgehead atoms. The number of benzene rings is 5. The van der Waals surface area contributed by atoms with Crippen LogP contribution in [0.5, 0.6) is 0 Å². The third-order valence-corrected chi connectivity index (χ3v) is 9.23. The zero-order valence-corrected chi connectivity index (χ0v) is 24.4. The SMILES string of the molecule is Cc1cc2c(cc1C)N=C(c1ccc(N3c4ccccc4C(C)(C)c4ccccc43)cc1)C(c1ccccc1)CC2. The molecule has 0 aliphatic carbocycles. The fourth-order valence-electron chi connectivity index (χ4n) is 6.81. The molecule has 0 saturated heterocycles. The second-order valence-corrected chi connectivity index (χ2v) is 12.1. The van der Waals surface area contributed by atoms with E-state index in [0.717, 1.165) is 24.2 Å². The lowest BCUT2D eigenvalue weighted by Gasteiger charge is -2.42. The number of para-hydroxylation sites is 2. The number of hydrogen-bond acceptors (Lipinski definition) is 2. The predicted molar refractivity (Wildman–Crippen MR) is 173 cm³/mol. The molecule has 2 aliphatic rings. The summed E-state index contributed by atoms with van der Waals surface area (Å²) >= 11 is 0. The fraction of sp³-hybridized carbons (Fsp3) is 0.205. The Labute approximate surface area is 244 Å². The first kappa shape index (κ1) is 25.5. The van der Waals surface area contributed by atoms with Gasteiger partial charge in [0.2, 0.25) is 0 Å². The number of aryl methyl sites for hydroxylation is 3. The van der Waals surface area contributed by atoms with Crippen LogP contribution in [0.3, 0.4) is 0 Å². The van der Waals surface area contributed by atoms with Crippen LogP contribution < -0.4 is 4.90 Å². The van der Waals surface area contributed by atoms with E-state index in [1.165, 1.54) is 56.0 Å². The minimum Gasteiger partial charge on any atom is -0.310 e. The zero-order valence-electron chi connectivity index (χ0n) is 24.4. The maximum Gasteiger partial charge on any atom is 0.0668 e. The Kier molecular flexibility index (Phi) is 6.16. The van der Waals surface area contributed by atoms with Crippen LogP contribution in [0.2, 0.25) is 0 Å². The van der Waals surface area contributed by atoms with Gasteiger partial charge in [0.25, 0.3) is 0 Å². The van der Waals surface area contributed by atoms with Gasteiger partial charge in [-0.25, -0.2) is 0 Å². The van der Waals surface area contributed by atoms with E-state index < -0.39 is 0 Å². The second kappa shape index (κ2) is 9.89. The van der Waals surface area contributed by atoms with Gasteiger partial charge in [-0.1, -0.05) is 98.8 Å². The van der Waals surface area contributed by atoms with E-state index in [4.69, 9.17) is 4.99 Å². The van der Waals surface area contributed by atoms with Gasteiger partial charge in [-0.15, -0.1) is 0 Å². The molecule has 2 heteroatoms. The van der Waals surface area contributed by atoms with Crippen LogP contribution in [0.1, 0.15) is 65.1 Å². The summed E-state index contributed by atoms with van der Waals surface area (Å²) in [4.78, 5) is 7.83. The molecule has 5 aromatic rings. The molecule has 41 heavy (non-hydrogen) atoms. The van der Waals surface area contributed by atoms with Crippen LogP contribution in [0.15, 0.2) is 120 Å². The fourth-order valence-corrected chi connectivity index (χ4v) is 6.81. The summed E-state index contributed by atoms with van der Waals surface area (Å²) in [5.74, 6) is 0.243. The highest BCUT2D eigenvalue weighted by Gasteiger charge is 2.36. The van der Waals surface area contributed by atoms with Crippen LogP contribution in [-0.2, 0) is 11.8 Å². The van der Waals surface area contributed by atoms with Crippen LogP contribution in [0.25, 0.3) is 0 Å². The van der Waals surface area contributed by atoms with Crippen molar-refractivity contribution in [3.05, 3.63) is 154 Å². The van der Waals surface area contributed by atoms with E-state index in [0.29, 0.717) is 0 Å². The minimum absolute atomic E-state index is 0.0640. The number of fused-ring (bicyclic) bond motifs is 3. The predicted octanol–water partition coefficient (Wildman–Crippen LogP) is 10.3. The van der Waals surface area contributed by atoms with Gasteiger partial charge in [0.05, 0.1) is 22.8 Å². The van der Waals surface area contributed by atoms with E-state index in [2.05, 4.69) is 148 Å². The van der Waals surface area contributed by atoms with E-state index >= 15 is 0 Å². The van der Waals surface area contributed by atoms with Gasteiger partial charge < -0.3 is 4.90 Å². The van der Waals surface area contributed by atoms with Crippen molar-refractivity contribution in [2.24, 2.45) is 4.99 Å². The number of aliphatic imine (C=N–C) groups is 1. The lowest BCUT2D eigenvalue weighted by molar-refractivity contribution is 0.632. The molecule has 1 atom stereocenters. The van der Waals surface area contributed by atoms with Crippen molar-refractivity contribution in [2.75, 3.05) is 4.90 Å². The summed E-state index contributed by atoms with van der Waals surface area (Å²) in [6.07, 6.45) is 2.07. The second-order valence-electron chi connectivity index (χ2n) is 12.1. The number of rotatable bonds is 3. The topological polar surface area (TPSA) is 15.6 Å². The Morgan fingerprint density at radius 1 is 0.683 bits per heavy atom. The van der Waals surface area contributed by atoms with Gasteiger partial charge in [0.1, 0.15) is 0 Å². The Balaban J connectivity index is 1.35. The summed E-state index contributed by atoms with van der Waals surface area (Å²) in [6, 6.07) is 42.3. The standard InChI is InChI=1S/C39H36N2/c1-26-24-30-20-23-32(28-12-6-5-7-13-28)38(40-35(30)25-27(26)2)29-18-21-31(22-19-29)41-36-16-10-8-14-33(36)39(3,4)34-15-9-11-17-37(34)41/h5-19,21-22,24-25,32H,20,23H2,1-4H3. The highest BCUT2D eigenvalue weighted by molar-refractivity contribution is 6.07. The highest BCUT2D eigenvalue weighted by atomic mass is 15.2. The average Bonchev–Trinajstić information content (AvgIpc) is 3.18. The van der Waals surface area contributed by atoms with Gasteiger partial charge in [0.15, 0.2) is 0 Å². The Hall–Kier alpha value is -4.43. The van der Waals surface area contributed by atoms with Gasteiger partial charge in [-0.3, -0.25) is 4.99 Å². The largest absolute Gasteiger partial charge is 0.310 e. The van der Waals surface area contributed by atoms with Gasteiger partial charge in [-0.05, 0) is 96.0 Å². The molecule has 5 aromatic carbocycles. The Bertz CT molecular complexity index is 1730. The van der Waals surface area contributed by atoms with E-state index in [1.807, 2.05) is 0 Å². The lowest BCUT2D eigenvalue weighted by atomic mass is 9.73. The average molecular weight is 533 g/mol. The molecule has 1 unspecified atom stereocenters. The van der Waals surface area contributed by atoms with Crippen molar-refractivity contribution >= 4 is 28.5 Å². The number of anilines is 3. The van der Waals surface area contributed by atoms with Crippen LogP contribution >= 0.6 is 0 Å². The molecule has 0 saturated carbocycles. The van der Waals surface area contributed by atoms with E-state index in [9.17, 15) is 0 Å². The molecule has 2 nitrogen and oxygen atoms in total. The van der Waals surface area contributed by atoms with Gasteiger partial charge >= 0.3 is 0 Å². The molecular formula is C39H36N2. The van der Waals surface area contributed by atoms with Crippen molar-refractivity contribution in [2.45, 2.75) is 51.9 Å². The molecule has 0 N–H and O–H groups in total. The van der Waals surface area contributed by atoms with Gasteiger partial charge in [-0.2, -0.15) is 0 Å². The maximum absolute atomic E-state index is 5.41. The van der Waals surface area contributed by atoms with Gasteiger partial charge in [0, 0.05) is 17.0 Å². The highest BCUT2D eigenvalue weighted by Crippen LogP contribution is 2.51. The smallest absolute Gasteiger partial charge is 0.0668 e. The van der Waals surface area contributed by atoms with Crippen molar-refractivity contribution in [3.63, 3.8) is 0 Å². The van der Waals surface area contributed by atoms with E-state index in [1.54, 1.807) is 0 Å². The van der Waals surface area contributed by atoms with Crippen molar-refractivity contribution < 1.29 is 0 Å². The third-order valence-electron chi connectivity index (χ3n) is 9.23. The third kappa shape index (κ3) is 4.30. The molecule has 2 heterocycles. The molecular weight excluding hydrogens is 496 g/mol. The minimum atomic E-state index is -0.0640. The van der Waals surface area contributed by atoms with Crippen LogP contribution in [0, 0.1) is 13.8 Å². The first-order chi connectivity index (χ1) is 19.9. The maximum atomic E-state index is 5.41. The normalized spacial score (nSPS) is 17.1. The summed E-state index contributed by atoms with van der Waals surface area (Å²) in [5.41, 5.74) is 15.1. The summed E-state index contributed by atoms with van der Waals surface area (Å²) in [5, 5.41) is 0. The summed E-state index contributed by atoms with van der Waals surface area (Å²) < 4.78 is 0. The Morgan fingerprint density at radius 3 is 1.93 bits per heavy atom. The van der Waals surface area contributed by atoms with E-state index in [-0.39, 0.29) is 11.3 Å². The molecule has 0 radical (unpaired) electrons. The van der Waals surface area contributed by atoms with Crippen molar-refractivity contribution in [3.8, 4) is 0 Å². The van der Waals surface area contributed by atoms with Crippen molar-refractivity contribution in [1.29, 1.82) is 0 Å². The first-order valence-electron chi connectivity index (χ1n) is 14.7. The molecule has 202 valence electrons. The molecule has 0 aromatic heterocycles. The molecule has 0 spiro atoms. The monoisotopic (exact) mass is 532 g/mol. The number of nitrogens with zero attached hydrogens (tertiary/aromatic N) is 2. The van der Waals surface area contributed by atoms with Crippen LogP contribution in [0.4, 0.5) is 22.7 Å². The number of hydrogen-bond donors (Lipinski definition) is 0. The quantitative estimate of drug-likeness (QED) is 0.226. The summed E-state index contributed by atoms with van der Waals surface area (Å²) in [7, 11) is 0. The molecule has 2 aliphatic heterocycles. The Morgan fingerprint density at radius 2 is 1.27 bits per heavy atom. The first-order valence-corrected chi connectivity index (χ1v) is 14.7. The van der Waals surface area contributed by atoms with Crippen LogP contribution in [-0.4, -0.2) is 5.71 Å². The summed E-state index contributed by atoms with van der Waals surface area (Å²) in [6.45, 7) is 9.06. The molecule has 0 fully saturated rings. The molecule has 0 amide bonds. The lowest BCUT2D eigenvalue weighted by Crippen LogP contribution is -2.30. The zero-order chi connectivity index (χ0) is 28.1. The van der Waals surface area contributed by atoms with Crippen molar-refractivity contribution in [1.82, 2.24) is 0 Å². The molecule has 7 rings (SSSR count).